The van der Waals surface area contributed by atoms with Crippen molar-refractivity contribution in [2.45, 2.75) is 13.0 Å². The van der Waals surface area contributed by atoms with Crippen molar-refractivity contribution < 1.29 is 4.79 Å². The number of nitrogens with zero attached hydrogens (tertiary/aromatic N) is 1. The molecule has 0 aromatic carbocycles. The van der Waals surface area contributed by atoms with E-state index >= 15 is 0 Å². The quantitative estimate of drug-likeness (QED) is 0.672. The lowest BCUT2D eigenvalue weighted by Crippen LogP contribution is -2.30. The highest BCUT2D eigenvalue weighted by atomic mass is 79.9. The van der Waals surface area contributed by atoms with Crippen molar-refractivity contribution in [3.05, 3.63) is 28.0 Å². The van der Waals surface area contributed by atoms with Gasteiger partial charge in [0.05, 0.1) is 6.42 Å². The summed E-state index contributed by atoms with van der Waals surface area (Å²) >= 11 is 3.28. The second-order valence-corrected chi connectivity index (χ2v) is 3.54. The Bertz CT molecular complexity index is 338. The Hall–Kier alpha value is -0.900. The van der Waals surface area contributed by atoms with Crippen LogP contribution in [0.25, 0.3) is 0 Å². The number of pyridine rings is 1. The van der Waals surface area contributed by atoms with Crippen LogP contribution in [-0.4, -0.2) is 10.9 Å². The molecule has 62 valence electrons. The highest BCUT2D eigenvalue weighted by Gasteiger charge is 2.14. The highest BCUT2D eigenvalue weighted by molar-refractivity contribution is 9.10. The molecule has 1 aromatic rings. The maximum Gasteiger partial charge on any atom is 0.224 e. The normalized spacial score (nSPS) is 15.2. The van der Waals surface area contributed by atoms with Gasteiger partial charge < -0.3 is 5.32 Å². The Balaban J connectivity index is 2.43. The van der Waals surface area contributed by atoms with Crippen LogP contribution in [0.3, 0.4) is 0 Å². The molecule has 0 unspecified atom stereocenters. The van der Waals surface area contributed by atoms with Crippen LogP contribution in [0.1, 0.15) is 11.1 Å². The zero-order valence-electron chi connectivity index (χ0n) is 6.30. The van der Waals surface area contributed by atoms with Crippen LogP contribution in [-0.2, 0) is 17.8 Å². The third-order valence-corrected chi connectivity index (χ3v) is 2.31. The standard InChI is InChI=1S/C8H7BrN2O/c9-7-1-5-4-11-8(12)2-6(5)3-10-7/h1,3H,2,4H2,(H,11,12). The lowest BCUT2D eigenvalue weighted by atomic mass is 10.0. The number of halogens is 1. The van der Waals surface area contributed by atoms with Crippen LogP contribution >= 0.6 is 15.9 Å². The molecule has 1 N–H and O–H groups in total. The van der Waals surface area contributed by atoms with E-state index in [4.69, 9.17) is 0 Å². The molecule has 12 heavy (non-hydrogen) atoms. The first-order valence-corrected chi connectivity index (χ1v) is 4.45. The summed E-state index contributed by atoms with van der Waals surface area (Å²) in [6.45, 7) is 0.620. The highest BCUT2D eigenvalue weighted by Crippen LogP contribution is 2.16. The molecule has 0 aliphatic carbocycles. The van der Waals surface area contributed by atoms with Gasteiger partial charge >= 0.3 is 0 Å². The molecule has 2 rings (SSSR count). The number of amides is 1. The van der Waals surface area contributed by atoms with E-state index < -0.39 is 0 Å². The monoisotopic (exact) mass is 226 g/mol. The third kappa shape index (κ3) is 1.34. The van der Waals surface area contributed by atoms with E-state index in [0.717, 1.165) is 15.7 Å². The molecule has 0 fully saturated rings. The van der Waals surface area contributed by atoms with Crippen LogP contribution in [0.4, 0.5) is 0 Å². The summed E-state index contributed by atoms with van der Waals surface area (Å²) in [6.07, 6.45) is 2.20. The molecule has 1 aromatic heterocycles. The van der Waals surface area contributed by atoms with E-state index in [1.165, 1.54) is 0 Å². The van der Waals surface area contributed by atoms with Crippen molar-refractivity contribution in [3.63, 3.8) is 0 Å². The number of fused-ring (bicyclic) bond motifs is 1. The molecule has 1 aliphatic heterocycles. The topological polar surface area (TPSA) is 42.0 Å². The second-order valence-electron chi connectivity index (χ2n) is 2.73. The predicted octanol–water partition coefficient (Wildman–Crippen LogP) is 1.02. The van der Waals surface area contributed by atoms with E-state index in [1.807, 2.05) is 6.07 Å². The zero-order valence-corrected chi connectivity index (χ0v) is 7.89. The summed E-state index contributed by atoms with van der Waals surface area (Å²) in [6, 6.07) is 1.94. The van der Waals surface area contributed by atoms with Gasteiger partial charge in [-0.25, -0.2) is 4.98 Å². The lowest BCUT2D eigenvalue weighted by Gasteiger charge is -2.15. The first kappa shape index (κ1) is 7.73. The van der Waals surface area contributed by atoms with Crippen molar-refractivity contribution >= 4 is 21.8 Å². The lowest BCUT2D eigenvalue weighted by molar-refractivity contribution is -0.121. The number of nitrogens with one attached hydrogen (secondary N) is 1. The minimum Gasteiger partial charge on any atom is -0.352 e. The maximum atomic E-state index is 11.0. The van der Waals surface area contributed by atoms with Gasteiger partial charge in [0.1, 0.15) is 4.60 Å². The number of hydrogen-bond donors (Lipinski definition) is 1. The van der Waals surface area contributed by atoms with E-state index in [2.05, 4.69) is 26.2 Å². The second kappa shape index (κ2) is 2.86. The van der Waals surface area contributed by atoms with Gasteiger partial charge in [0, 0.05) is 12.7 Å². The van der Waals surface area contributed by atoms with Gasteiger partial charge in [0.15, 0.2) is 0 Å². The van der Waals surface area contributed by atoms with Crippen LogP contribution in [0, 0.1) is 0 Å². The first-order valence-electron chi connectivity index (χ1n) is 3.66. The Labute approximate surface area is 78.3 Å². The van der Waals surface area contributed by atoms with Gasteiger partial charge in [-0.1, -0.05) is 0 Å². The molecule has 0 saturated carbocycles. The van der Waals surface area contributed by atoms with Crippen LogP contribution in [0.2, 0.25) is 0 Å². The fourth-order valence-corrected chi connectivity index (χ4v) is 1.63. The smallest absolute Gasteiger partial charge is 0.224 e. The zero-order chi connectivity index (χ0) is 8.55. The van der Waals surface area contributed by atoms with E-state index in [-0.39, 0.29) is 5.91 Å². The third-order valence-electron chi connectivity index (χ3n) is 1.88. The summed E-state index contributed by atoms with van der Waals surface area (Å²) in [5.74, 6) is 0.0756. The maximum absolute atomic E-state index is 11.0. The average Bonchev–Trinajstić information content (AvgIpc) is 2.05. The van der Waals surface area contributed by atoms with E-state index in [1.54, 1.807) is 6.20 Å². The molecule has 1 amide bonds. The Morgan fingerprint density at radius 2 is 2.33 bits per heavy atom. The number of hydrogen-bond acceptors (Lipinski definition) is 2. The van der Waals surface area contributed by atoms with Gasteiger partial charge in [0.25, 0.3) is 0 Å². The predicted molar refractivity (Wildman–Crippen MR) is 47.5 cm³/mol. The molecule has 0 spiro atoms. The summed E-state index contributed by atoms with van der Waals surface area (Å²) < 4.78 is 0.817. The summed E-state index contributed by atoms with van der Waals surface area (Å²) in [4.78, 5) is 15.0. The number of carbonyl (C=O) groups excluding carboxylic acids is 1. The molecular weight excluding hydrogens is 220 g/mol. The van der Waals surface area contributed by atoms with Crippen molar-refractivity contribution in [2.75, 3.05) is 0 Å². The van der Waals surface area contributed by atoms with Crippen LogP contribution in [0.15, 0.2) is 16.9 Å². The van der Waals surface area contributed by atoms with Crippen molar-refractivity contribution in [3.8, 4) is 0 Å². The Kier molecular flexibility index (Phi) is 1.84. The van der Waals surface area contributed by atoms with Gasteiger partial charge in [-0.05, 0) is 33.1 Å². The average molecular weight is 227 g/mol. The number of carbonyl (C=O) groups is 1. The molecule has 3 nitrogen and oxygen atoms in total. The molecule has 0 saturated heterocycles. The summed E-state index contributed by atoms with van der Waals surface area (Å²) in [5, 5.41) is 2.78. The fourth-order valence-electron chi connectivity index (χ4n) is 1.25. The molecule has 0 bridgehead atoms. The molecule has 4 heteroatoms. The summed E-state index contributed by atoms with van der Waals surface area (Å²) in [5.41, 5.74) is 2.18. The van der Waals surface area contributed by atoms with Crippen LogP contribution in [0.5, 0.6) is 0 Å². The van der Waals surface area contributed by atoms with Gasteiger partial charge in [-0.15, -0.1) is 0 Å². The SMILES string of the molecule is O=C1Cc2cnc(Br)cc2CN1. The minimum absolute atomic E-state index is 0.0756. The Morgan fingerprint density at radius 3 is 3.17 bits per heavy atom. The minimum atomic E-state index is 0.0756. The molecular formula is C8H7BrN2O. The summed E-state index contributed by atoms with van der Waals surface area (Å²) in [7, 11) is 0. The van der Waals surface area contributed by atoms with Gasteiger partial charge in [-0.2, -0.15) is 0 Å². The molecule has 2 heterocycles. The Morgan fingerprint density at radius 1 is 1.50 bits per heavy atom. The van der Waals surface area contributed by atoms with Crippen molar-refractivity contribution in [1.29, 1.82) is 0 Å². The van der Waals surface area contributed by atoms with Gasteiger partial charge in [-0.3, -0.25) is 4.79 Å². The van der Waals surface area contributed by atoms with Crippen molar-refractivity contribution in [2.24, 2.45) is 0 Å². The number of rotatable bonds is 0. The fraction of sp³-hybridized carbons (Fsp3) is 0.250. The largest absolute Gasteiger partial charge is 0.352 e. The van der Waals surface area contributed by atoms with E-state index in [0.29, 0.717) is 13.0 Å². The number of aromatic nitrogens is 1. The molecule has 0 atom stereocenters. The molecule has 1 aliphatic rings. The van der Waals surface area contributed by atoms with Crippen LogP contribution < -0.4 is 5.32 Å². The van der Waals surface area contributed by atoms with Gasteiger partial charge in [0.2, 0.25) is 5.91 Å². The van der Waals surface area contributed by atoms with E-state index in [9.17, 15) is 4.79 Å². The first-order chi connectivity index (χ1) is 5.75. The molecule has 0 radical (unpaired) electrons. The van der Waals surface area contributed by atoms with Crippen molar-refractivity contribution in [1.82, 2.24) is 10.3 Å².